The van der Waals surface area contributed by atoms with E-state index >= 15 is 0 Å². The maximum atomic E-state index is 12.8. The lowest BCUT2D eigenvalue weighted by atomic mass is 9.90. The molecule has 0 aliphatic carbocycles. The Kier molecular flexibility index (Phi) is 4.27. The van der Waals surface area contributed by atoms with E-state index in [1.165, 1.54) is 9.80 Å². The fourth-order valence-electron chi connectivity index (χ4n) is 3.70. The zero-order valence-electron chi connectivity index (χ0n) is 14.4. The van der Waals surface area contributed by atoms with Gasteiger partial charge in [-0.3, -0.25) is 9.69 Å². The summed E-state index contributed by atoms with van der Waals surface area (Å²) in [6.07, 6.45) is -0.659. The van der Waals surface area contributed by atoms with Crippen LogP contribution < -0.4 is 0 Å². The van der Waals surface area contributed by atoms with Crippen molar-refractivity contribution in [2.24, 2.45) is 0 Å². The van der Waals surface area contributed by atoms with Gasteiger partial charge in [-0.15, -0.1) is 0 Å². The normalized spacial score (nSPS) is 24.5. The first-order valence-corrected chi connectivity index (χ1v) is 8.65. The van der Waals surface area contributed by atoms with Crippen LogP contribution in [-0.4, -0.2) is 51.6 Å². The molecule has 0 saturated carbocycles. The maximum absolute atomic E-state index is 12.8. The van der Waals surface area contributed by atoms with Crippen LogP contribution >= 0.6 is 0 Å². The first-order chi connectivity index (χ1) is 13.1. The van der Waals surface area contributed by atoms with Crippen molar-refractivity contribution in [3.63, 3.8) is 0 Å². The minimum Gasteiger partial charge on any atom is -0.480 e. The highest BCUT2D eigenvalue weighted by molar-refractivity contribution is 6.01. The van der Waals surface area contributed by atoms with Gasteiger partial charge in [-0.25, -0.2) is 9.59 Å². The van der Waals surface area contributed by atoms with Crippen molar-refractivity contribution in [1.29, 1.82) is 0 Å². The average molecular weight is 366 g/mol. The number of β-lactam (4-membered cyclic amide) rings is 1. The highest BCUT2D eigenvalue weighted by Crippen LogP contribution is 2.37. The second-order valence-electron chi connectivity index (χ2n) is 6.59. The van der Waals surface area contributed by atoms with E-state index in [0.29, 0.717) is 0 Å². The molecule has 0 unspecified atom stereocenters. The summed E-state index contributed by atoms with van der Waals surface area (Å²) in [6, 6.07) is 15.7. The quantitative estimate of drug-likeness (QED) is 0.819. The molecule has 7 heteroatoms. The van der Waals surface area contributed by atoms with Gasteiger partial charge in [-0.05, 0) is 11.1 Å². The van der Waals surface area contributed by atoms with Gasteiger partial charge in [0, 0.05) is 6.54 Å². The fraction of sp³-hybridized carbons (Fsp3) is 0.250. The van der Waals surface area contributed by atoms with Gasteiger partial charge in [0.1, 0.15) is 12.6 Å². The number of amides is 2. The molecule has 2 aromatic rings. The minimum atomic E-state index is -1.14. The molecule has 4 rings (SSSR count). The molecule has 2 saturated heterocycles. The smallest absolute Gasteiger partial charge is 0.411 e. The molecule has 3 atom stereocenters. The van der Waals surface area contributed by atoms with E-state index in [9.17, 15) is 19.5 Å². The largest absolute Gasteiger partial charge is 0.480 e. The van der Waals surface area contributed by atoms with Crippen molar-refractivity contribution < 1.29 is 24.2 Å². The molecule has 138 valence electrons. The van der Waals surface area contributed by atoms with Crippen molar-refractivity contribution in [2.45, 2.75) is 24.7 Å². The van der Waals surface area contributed by atoms with Crippen LogP contribution in [0, 0.1) is 0 Å². The molecule has 2 aliphatic heterocycles. The Balaban J connectivity index is 1.61. The van der Waals surface area contributed by atoms with E-state index in [1.807, 2.05) is 60.7 Å². The molecule has 0 bridgehead atoms. The summed E-state index contributed by atoms with van der Waals surface area (Å²) >= 11 is 0. The van der Waals surface area contributed by atoms with E-state index < -0.39 is 30.2 Å². The minimum absolute atomic E-state index is 0.0949. The standard InChI is InChI=1S/C20H18N2O5/c23-18-16(17(19(24)25)21(18)11-13-7-3-1-4-8-13)22-15(12-27-20(22)26)14-9-5-2-6-10-14/h1-10,15-17H,11-12H2,(H,24,25)/t15-,16+,17+/m1/s1. The first kappa shape index (κ1) is 17.1. The lowest BCUT2D eigenvalue weighted by Crippen LogP contribution is -2.73. The Bertz CT molecular complexity index is 870. The maximum Gasteiger partial charge on any atom is 0.411 e. The Labute approximate surface area is 155 Å². The zero-order chi connectivity index (χ0) is 19.0. The zero-order valence-corrected chi connectivity index (χ0v) is 14.4. The number of likely N-dealkylation sites (tertiary alicyclic amines) is 1. The average Bonchev–Trinajstić information content (AvgIpc) is 3.06. The van der Waals surface area contributed by atoms with Crippen LogP contribution in [-0.2, 0) is 20.9 Å². The number of hydrogen-bond acceptors (Lipinski definition) is 4. The van der Waals surface area contributed by atoms with E-state index in [1.54, 1.807) is 0 Å². The number of carboxylic acids is 1. The fourth-order valence-corrected chi connectivity index (χ4v) is 3.70. The number of carbonyl (C=O) groups excluding carboxylic acids is 2. The van der Waals surface area contributed by atoms with Crippen molar-refractivity contribution in [2.75, 3.05) is 6.61 Å². The van der Waals surface area contributed by atoms with Crippen molar-refractivity contribution in [3.05, 3.63) is 71.8 Å². The van der Waals surface area contributed by atoms with Gasteiger partial charge in [0.2, 0.25) is 5.91 Å². The third-order valence-electron chi connectivity index (χ3n) is 5.02. The lowest BCUT2D eigenvalue weighted by Gasteiger charge is -2.48. The number of hydrogen-bond donors (Lipinski definition) is 1. The number of cyclic esters (lactones) is 1. The molecular formula is C20H18N2O5. The molecule has 27 heavy (non-hydrogen) atoms. The van der Waals surface area contributed by atoms with E-state index in [-0.39, 0.29) is 19.1 Å². The Morgan fingerprint density at radius 3 is 2.30 bits per heavy atom. The van der Waals surface area contributed by atoms with Crippen LogP contribution in [0.3, 0.4) is 0 Å². The van der Waals surface area contributed by atoms with E-state index in [2.05, 4.69) is 0 Å². The number of rotatable bonds is 5. The van der Waals surface area contributed by atoms with Gasteiger partial charge in [-0.1, -0.05) is 60.7 Å². The number of nitrogens with zero attached hydrogens (tertiary/aromatic N) is 2. The molecule has 2 aromatic carbocycles. The molecular weight excluding hydrogens is 348 g/mol. The van der Waals surface area contributed by atoms with Crippen molar-refractivity contribution in [1.82, 2.24) is 9.80 Å². The molecule has 0 aromatic heterocycles. The van der Waals surface area contributed by atoms with Crippen LogP contribution in [0.15, 0.2) is 60.7 Å². The van der Waals surface area contributed by atoms with Crippen molar-refractivity contribution in [3.8, 4) is 0 Å². The van der Waals surface area contributed by atoms with Gasteiger partial charge in [-0.2, -0.15) is 0 Å². The topological polar surface area (TPSA) is 87.1 Å². The second-order valence-corrected chi connectivity index (χ2v) is 6.59. The summed E-state index contributed by atoms with van der Waals surface area (Å²) in [7, 11) is 0. The van der Waals surface area contributed by atoms with Crippen LogP contribution in [0.25, 0.3) is 0 Å². The van der Waals surface area contributed by atoms with Gasteiger partial charge in [0.25, 0.3) is 0 Å². The monoisotopic (exact) mass is 366 g/mol. The predicted octanol–water partition coefficient (Wildman–Crippen LogP) is 2.04. The van der Waals surface area contributed by atoms with Gasteiger partial charge in [0.15, 0.2) is 6.04 Å². The Morgan fingerprint density at radius 2 is 1.67 bits per heavy atom. The van der Waals surface area contributed by atoms with Crippen LogP contribution in [0.5, 0.6) is 0 Å². The third-order valence-corrected chi connectivity index (χ3v) is 5.02. The van der Waals surface area contributed by atoms with Gasteiger partial charge < -0.3 is 14.7 Å². The highest BCUT2D eigenvalue weighted by Gasteiger charge is 2.59. The number of benzene rings is 2. The summed E-state index contributed by atoms with van der Waals surface area (Å²) in [5.74, 6) is -1.52. The van der Waals surface area contributed by atoms with Crippen molar-refractivity contribution >= 4 is 18.0 Å². The first-order valence-electron chi connectivity index (χ1n) is 8.65. The lowest BCUT2D eigenvalue weighted by molar-refractivity contribution is -0.173. The molecule has 2 aliphatic rings. The third kappa shape index (κ3) is 2.91. The van der Waals surface area contributed by atoms with E-state index in [4.69, 9.17) is 4.74 Å². The van der Waals surface area contributed by atoms with Crippen LogP contribution in [0.1, 0.15) is 17.2 Å². The summed E-state index contributed by atoms with van der Waals surface area (Å²) in [5, 5.41) is 9.70. The number of ether oxygens (including phenoxy) is 1. The summed E-state index contributed by atoms with van der Waals surface area (Å²) in [5.41, 5.74) is 1.64. The number of aliphatic carboxylic acids is 1. The summed E-state index contributed by atoms with van der Waals surface area (Å²) < 4.78 is 5.14. The second kappa shape index (κ2) is 6.75. The Hall–Kier alpha value is -3.35. The van der Waals surface area contributed by atoms with Crippen LogP contribution in [0.2, 0.25) is 0 Å². The highest BCUT2D eigenvalue weighted by atomic mass is 16.6. The summed E-state index contributed by atoms with van der Waals surface area (Å²) in [4.78, 5) is 39.6. The predicted molar refractivity (Wildman–Crippen MR) is 94.6 cm³/mol. The van der Waals surface area contributed by atoms with Crippen LogP contribution in [0.4, 0.5) is 4.79 Å². The molecule has 0 spiro atoms. The number of carbonyl (C=O) groups is 3. The molecule has 2 fully saturated rings. The Morgan fingerprint density at radius 1 is 1.04 bits per heavy atom. The SMILES string of the molecule is O=C(O)[C@@H]1[C@H](N2C(=O)OC[C@@H]2c2ccccc2)C(=O)N1Cc1ccccc1. The summed E-state index contributed by atoms with van der Waals surface area (Å²) in [6.45, 7) is 0.281. The molecule has 2 heterocycles. The van der Waals surface area contributed by atoms with Gasteiger partial charge in [0.05, 0.1) is 6.04 Å². The molecule has 1 N–H and O–H groups in total. The molecule has 2 amide bonds. The number of carboxylic acid groups (broad SMARTS) is 1. The molecule has 7 nitrogen and oxygen atoms in total. The van der Waals surface area contributed by atoms with E-state index in [0.717, 1.165) is 11.1 Å². The molecule has 0 radical (unpaired) electrons. The van der Waals surface area contributed by atoms with Gasteiger partial charge >= 0.3 is 12.1 Å².